The van der Waals surface area contributed by atoms with Crippen LogP contribution in [0.2, 0.25) is 0 Å². The van der Waals surface area contributed by atoms with E-state index in [1.54, 1.807) is 29.3 Å². The van der Waals surface area contributed by atoms with Crippen molar-refractivity contribution in [1.29, 1.82) is 0 Å². The van der Waals surface area contributed by atoms with Crippen molar-refractivity contribution in [2.75, 3.05) is 31.6 Å². The van der Waals surface area contributed by atoms with Crippen molar-refractivity contribution in [3.8, 4) is 5.88 Å². The van der Waals surface area contributed by atoms with Crippen molar-refractivity contribution in [1.82, 2.24) is 24.6 Å². The van der Waals surface area contributed by atoms with E-state index in [-0.39, 0.29) is 11.3 Å². The van der Waals surface area contributed by atoms with Gasteiger partial charge >= 0.3 is 0 Å². The Hall–Kier alpha value is -2.64. The Kier molecular flexibility index (Phi) is 3.98. The zero-order valence-electron chi connectivity index (χ0n) is 15.3. The predicted octanol–water partition coefficient (Wildman–Crippen LogP) is 1.81. The highest BCUT2D eigenvalue weighted by atomic mass is 16.5. The molecule has 1 saturated heterocycles. The maximum atomic E-state index is 13.1. The highest BCUT2D eigenvalue weighted by Crippen LogP contribution is 2.49. The monoisotopic (exact) mass is 368 g/mol. The molecule has 1 N–H and O–H groups in total. The standard InChI is InChI=1S/C19H24N6O2/c26-18(15-9-17-25(23-15)7-2-8-27-17)24-11-14-3-1-4-19(14,13-24)12-22-16-10-20-5-6-21-16/h5-6,9-10,14H,1-4,7-8,11-13H2,(H,21,22)/t14-,19-/m0/s1. The topological polar surface area (TPSA) is 85.2 Å². The maximum absolute atomic E-state index is 13.1. The van der Waals surface area contributed by atoms with Crippen molar-refractivity contribution < 1.29 is 9.53 Å². The first kappa shape index (κ1) is 16.5. The number of nitrogens with one attached hydrogen (secondary N) is 1. The van der Waals surface area contributed by atoms with E-state index < -0.39 is 0 Å². The molecule has 8 heteroatoms. The summed E-state index contributed by atoms with van der Waals surface area (Å²) in [6, 6.07) is 1.79. The minimum atomic E-state index is 0.0220. The number of likely N-dealkylation sites (tertiary alicyclic amines) is 1. The largest absolute Gasteiger partial charge is 0.478 e. The molecule has 0 radical (unpaired) electrons. The van der Waals surface area contributed by atoms with Gasteiger partial charge in [0.1, 0.15) is 5.82 Å². The summed E-state index contributed by atoms with van der Waals surface area (Å²) >= 11 is 0. The smallest absolute Gasteiger partial charge is 0.274 e. The lowest BCUT2D eigenvalue weighted by molar-refractivity contribution is 0.0764. The van der Waals surface area contributed by atoms with E-state index in [0.717, 1.165) is 44.8 Å². The molecule has 1 saturated carbocycles. The Morgan fingerprint density at radius 3 is 3.19 bits per heavy atom. The van der Waals surface area contributed by atoms with Crippen molar-refractivity contribution in [3.05, 3.63) is 30.4 Å². The third kappa shape index (κ3) is 2.93. The molecule has 3 aliphatic rings. The molecule has 2 aromatic heterocycles. The molecule has 5 rings (SSSR count). The van der Waals surface area contributed by atoms with Crippen LogP contribution in [0, 0.1) is 11.3 Å². The van der Waals surface area contributed by atoms with E-state index in [9.17, 15) is 4.79 Å². The lowest BCUT2D eigenvalue weighted by Crippen LogP contribution is -2.36. The summed E-state index contributed by atoms with van der Waals surface area (Å²) in [5.74, 6) is 2.05. The van der Waals surface area contributed by atoms with Gasteiger partial charge < -0.3 is 15.0 Å². The van der Waals surface area contributed by atoms with Gasteiger partial charge in [-0.2, -0.15) is 5.10 Å². The van der Waals surface area contributed by atoms with Crippen LogP contribution in [0.4, 0.5) is 5.82 Å². The summed E-state index contributed by atoms with van der Waals surface area (Å²) in [6.45, 7) is 3.92. The number of fused-ring (bicyclic) bond motifs is 2. The minimum Gasteiger partial charge on any atom is -0.478 e. The lowest BCUT2D eigenvalue weighted by atomic mass is 9.80. The molecule has 8 nitrogen and oxygen atoms in total. The molecule has 2 fully saturated rings. The second kappa shape index (κ2) is 6.51. The quantitative estimate of drug-likeness (QED) is 0.886. The summed E-state index contributed by atoms with van der Waals surface area (Å²) in [4.78, 5) is 23.5. The van der Waals surface area contributed by atoms with Gasteiger partial charge in [0.25, 0.3) is 5.91 Å². The number of amides is 1. The number of rotatable bonds is 4. The normalized spacial score (nSPS) is 26.4. The fraction of sp³-hybridized carbons (Fsp3) is 0.579. The van der Waals surface area contributed by atoms with Gasteiger partial charge in [0.15, 0.2) is 5.69 Å². The van der Waals surface area contributed by atoms with Crippen molar-refractivity contribution >= 4 is 11.7 Å². The van der Waals surface area contributed by atoms with Gasteiger partial charge in [0.2, 0.25) is 5.88 Å². The molecule has 0 aromatic carbocycles. The summed E-state index contributed by atoms with van der Waals surface area (Å²) < 4.78 is 7.41. The van der Waals surface area contributed by atoms with Crippen LogP contribution in [0.5, 0.6) is 5.88 Å². The van der Waals surface area contributed by atoms with Crippen LogP contribution in [-0.2, 0) is 6.54 Å². The van der Waals surface area contributed by atoms with Crippen molar-refractivity contribution in [2.45, 2.75) is 32.2 Å². The first-order valence-electron chi connectivity index (χ1n) is 9.73. The Balaban J connectivity index is 1.31. The van der Waals surface area contributed by atoms with Crippen LogP contribution in [0.3, 0.4) is 0 Å². The zero-order chi connectivity index (χ0) is 18.3. The van der Waals surface area contributed by atoms with E-state index in [2.05, 4.69) is 20.4 Å². The van der Waals surface area contributed by atoms with E-state index in [0.29, 0.717) is 24.1 Å². The average Bonchev–Trinajstić information content (AvgIpc) is 3.38. The van der Waals surface area contributed by atoms with Gasteiger partial charge in [0.05, 0.1) is 12.8 Å². The van der Waals surface area contributed by atoms with Gasteiger partial charge in [-0.3, -0.25) is 9.78 Å². The zero-order valence-corrected chi connectivity index (χ0v) is 15.3. The number of hydrogen-bond donors (Lipinski definition) is 1. The highest BCUT2D eigenvalue weighted by molar-refractivity contribution is 5.93. The fourth-order valence-electron chi connectivity index (χ4n) is 4.85. The first-order valence-corrected chi connectivity index (χ1v) is 9.73. The molecule has 2 aliphatic heterocycles. The van der Waals surface area contributed by atoms with Crippen LogP contribution in [-0.4, -0.2) is 56.8 Å². The SMILES string of the molecule is O=C(c1cc2n(n1)CCCO2)N1C[C@@H]2CCC[C@]2(CNc2cnccn2)C1. The summed E-state index contributed by atoms with van der Waals surface area (Å²) in [5, 5.41) is 7.91. The molecule has 4 heterocycles. The van der Waals surface area contributed by atoms with E-state index in [4.69, 9.17) is 4.74 Å². The first-order chi connectivity index (χ1) is 13.2. The van der Waals surface area contributed by atoms with Crippen LogP contribution >= 0.6 is 0 Å². The van der Waals surface area contributed by atoms with Crippen LogP contribution in [0.15, 0.2) is 24.7 Å². The molecule has 1 aliphatic carbocycles. The molecule has 2 aromatic rings. The number of carbonyl (C=O) groups is 1. The van der Waals surface area contributed by atoms with E-state index in [1.807, 2.05) is 4.90 Å². The molecule has 0 bridgehead atoms. The lowest BCUT2D eigenvalue weighted by Gasteiger charge is -2.29. The number of nitrogens with zero attached hydrogens (tertiary/aromatic N) is 5. The summed E-state index contributed by atoms with van der Waals surface area (Å²) in [6.07, 6.45) is 9.58. The van der Waals surface area contributed by atoms with Crippen LogP contribution in [0.25, 0.3) is 0 Å². The number of aryl methyl sites for hydroxylation is 1. The summed E-state index contributed by atoms with van der Waals surface area (Å²) in [7, 11) is 0. The molecule has 27 heavy (non-hydrogen) atoms. The predicted molar refractivity (Wildman–Crippen MR) is 98.5 cm³/mol. The molecule has 1 amide bonds. The van der Waals surface area contributed by atoms with E-state index in [1.165, 1.54) is 12.8 Å². The minimum absolute atomic E-state index is 0.0220. The molecule has 2 atom stereocenters. The summed E-state index contributed by atoms with van der Waals surface area (Å²) in [5.41, 5.74) is 0.618. The third-order valence-corrected chi connectivity index (χ3v) is 6.24. The fourth-order valence-corrected chi connectivity index (χ4v) is 4.85. The van der Waals surface area contributed by atoms with E-state index >= 15 is 0 Å². The second-order valence-electron chi connectivity index (χ2n) is 7.87. The Morgan fingerprint density at radius 1 is 1.37 bits per heavy atom. The molecular formula is C19H24N6O2. The highest BCUT2D eigenvalue weighted by Gasteiger charge is 2.50. The number of hydrogen-bond acceptors (Lipinski definition) is 6. The maximum Gasteiger partial charge on any atom is 0.274 e. The van der Waals surface area contributed by atoms with Gasteiger partial charge in [-0.1, -0.05) is 6.42 Å². The van der Waals surface area contributed by atoms with Crippen LogP contribution in [0.1, 0.15) is 36.2 Å². The second-order valence-corrected chi connectivity index (χ2v) is 7.87. The average molecular weight is 368 g/mol. The van der Waals surface area contributed by atoms with Crippen molar-refractivity contribution in [2.24, 2.45) is 11.3 Å². The number of aromatic nitrogens is 4. The van der Waals surface area contributed by atoms with Crippen LogP contribution < -0.4 is 10.1 Å². The Bertz CT molecular complexity index is 814. The molecule has 142 valence electrons. The van der Waals surface area contributed by atoms with Gasteiger partial charge in [0, 0.05) is 56.5 Å². The number of anilines is 1. The van der Waals surface area contributed by atoms with Gasteiger partial charge in [-0.15, -0.1) is 0 Å². The molecule has 0 spiro atoms. The third-order valence-electron chi connectivity index (χ3n) is 6.24. The Morgan fingerprint density at radius 2 is 2.33 bits per heavy atom. The number of ether oxygens (including phenoxy) is 1. The van der Waals surface area contributed by atoms with Gasteiger partial charge in [-0.25, -0.2) is 9.67 Å². The molecular weight excluding hydrogens is 344 g/mol. The van der Waals surface area contributed by atoms with Crippen molar-refractivity contribution in [3.63, 3.8) is 0 Å². The Labute approximate surface area is 157 Å². The van der Waals surface area contributed by atoms with Gasteiger partial charge in [-0.05, 0) is 18.8 Å². The number of carbonyl (C=O) groups excluding carboxylic acids is 1. The molecule has 0 unspecified atom stereocenters.